The largest absolute Gasteiger partial charge is 0.360 e. The second-order valence-corrected chi connectivity index (χ2v) is 8.38. The van der Waals surface area contributed by atoms with Crippen LogP contribution in [0, 0.1) is 20.8 Å². The summed E-state index contributed by atoms with van der Waals surface area (Å²) in [6, 6.07) is 12.3. The normalized spacial score (nSPS) is 15.4. The number of rotatable bonds is 4. The zero-order valence-electron chi connectivity index (χ0n) is 16.7. The van der Waals surface area contributed by atoms with Crippen molar-refractivity contribution in [2.24, 2.45) is 0 Å². The SMILES string of the molecule is Cc1ccc2c(C(=O)C[NH+]3CCN(c4cc(Cl)ccc4C)CC3)c(C)[nH]c2c1. The summed E-state index contributed by atoms with van der Waals surface area (Å²) in [7, 11) is 0. The number of aryl methyl sites for hydroxylation is 3. The summed E-state index contributed by atoms with van der Waals surface area (Å²) in [5.41, 5.74) is 6.53. The number of hydrogen-bond donors (Lipinski definition) is 2. The highest BCUT2D eigenvalue weighted by Gasteiger charge is 2.26. The van der Waals surface area contributed by atoms with Gasteiger partial charge in [0.05, 0.1) is 31.7 Å². The molecule has 0 saturated carbocycles. The summed E-state index contributed by atoms with van der Waals surface area (Å²) in [6.45, 7) is 10.5. The van der Waals surface area contributed by atoms with Crippen molar-refractivity contribution in [1.29, 1.82) is 0 Å². The topological polar surface area (TPSA) is 40.5 Å². The first kappa shape index (κ1) is 19.0. The van der Waals surface area contributed by atoms with Crippen LogP contribution in [0.2, 0.25) is 5.02 Å². The van der Waals surface area contributed by atoms with Crippen molar-refractivity contribution in [2.45, 2.75) is 20.8 Å². The van der Waals surface area contributed by atoms with Gasteiger partial charge in [0.2, 0.25) is 5.78 Å². The van der Waals surface area contributed by atoms with Crippen LogP contribution >= 0.6 is 11.6 Å². The van der Waals surface area contributed by atoms with Crippen molar-refractivity contribution >= 4 is 34.0 Å². The van der Waals surface area contributed by atoms with Crippen LogP contribution in [-0.4, -0.2) is 43.5 Å². The van der Waals surface area contributed by atoms with E-state index < -0.39 is 0 Å². The Morgan fingerprint density at radius 2 is 1.86 bits per heavy atom. The molecule has 3 aromatic rings. The maximum absolute atomic E-state index is 13.1. The number of nitrogens with zero attached hydrogens (tertiary/aromatic N) is 1. The highest BCUT2D eigenvalue weighted by molar-refractivity contribution is 6.30. The van der Waals surface area contributed by atoms with Gasteiger partial charge >= 0.3 is 0 Å². The number of aromatic amines is 1. The van der Waals surface area contributed by atoms with Gasteiger partial charge in [0.25, 0.3) is 0 Å². The molecule has 4 rings (SSSR count). The summed E-state index contributed by atoms with van der Waals surface area (Å²) in [5.74, 6) is 0.231. The molecule has 1 aliphatic rings. The van der Waals surface area contributed by atoms with Crippen LogP contribution in [0.5, 0.6) is 0 Å². The molecule has 2 N–H and O–H groups in total. The summed E-state index contributed by atoms with van der Waals surface area (Å²) < 4.78 is 0. The minimum absolute atomic E-state index is 0.231. The molecule has 1 aromatic heterocycles. The number of anilines is 1. The van der Waals surface area contributed by atoms with Crippen LogP contribution in [0.25, 0.3) is 10.9 Å². The van der Waals surface area contributed by atoms with E-state index in [1.54, 1.807) is 0 Å². The fourth-order valence-electron chi connectivity index (χ4n) is 4.28. The van der Waals surface area contributed by atoms with Gasteiger partial charge in [-0.2, -0.15) is 0 Å². The van der Waals surface area contributed by atoms with E-state index in [0.29, 0.717) is 6.54 Å². The minimum atomic E-state index is 0.231. The lowest BCUT2D eigenvalue weighted by Gasteiger charge is -2.34. The number of H-pyrrole nitrogens is 1. The summed E-state index contributed by atoms with van der Waals surface area (Å²) in [6.07, 6.45) is 0. The molecule has 1 saturated heterocycles. The maximum Gasteiger partial charge on any atom is 0.219 e. The molecule has 28 heavy (non-hydrogen) atoms. The van der Waals surface area contributed by atoms with Crippen molar-refractivity contribution in [2.75, 3.05) is 37.6 Å². The molecule has 0 spiro atoms. The molecule has 0 unspecified atom stereocenters. The van der Waals surface area contributed by atoms with Gasteiger partial charge in [-0.3, -0.25) is 4.79 Å². The van der Waals surface area contributed by atoms with Crippen molar-refractivity contribution in [3.05, 3.63) is 63.8 Å². The molecule has 0 atom stereocenters. The lowest BCUT2D eigenvalue weighted by atomic mass is 10.0. The first-order valence-electron chi connectivity index (χ1n) is 9.89. The molecule has 1 aliphatic heterocycles. The number of piperazine rings is 1. The number of carbonyl (C=O) groups excluding carboxylic acids is 1. The van der Waals surface area contributed by atoms with Gasteiger partial charge in [-0.1, -0.05) is 29.8 Å². The number of ketones is 1. The summed E-state index contributed by atoms with van der Waals surface area (Å²) in [4.78, 5) is 20.2. The Bertz CT molecular complexity index is 1030. The van der Waals surface area contributed by atoms with Crippen molar-refractivity contribution in [1.82, 2.24) is 4.98 Å². The van der Waals surface area contributed by atoms with Gasteiger partial charge in [-0.05, 0) is 50.1 Å². The Morgan fingerprint density at radius 1 is 1.11 bits per heavy atom. The van der Waals surface area contributed by atoms with E-state index in [0.717, 1.165) is 53.4 Å². The van der Waals surface area contributed by atoms with Crippen LogP contribution in [0.15, 0.2) is 36.4 Å². The van der Waals surface area contributed by atoms with E-state index in [9.17, 15) is 4.79 Å². The number of carbonyl (C=O) groups is 1. The minimum Gasteiger partial charge on any atom is -0.360 e. The molecule has 1 fully saturated rings. The van der Waals surface area contributed by atoms with E-state index in [1.807, 2.05) is 19.1 Å². The van der Waals surface area contributed by atoms with E-state index in [4.69, 9.17) is 11.6 Å². The number of quaternary nitrogens is 1. The predicted octanol–water partition coefficient (Wildman–Crippen LogP) is 3.33. The van der Waals surface area contributed by atoms with Gasteiger partial charge in [0, 0.05) is 27.3 Å². The van der Waals surface area contributed by atoms with Gasteiger partial charge in [-0.25, -0.2) is 0 Å². The average molecular weight is 397 g/mol. The maximum atomic E-state index is 13.1. The molecule has 0 radical (unpaired) electrons. The number of aromatic nitrogens is 1. The molecule has 0 amide bonds. The molecule has 5 heteroatoms. The third-order valence-electron chi connectivity index (χ3n) is 5.81. The summed E-state index contributed by atoms with van der Waals surface area (Å²) in [5, 5.41) is 1.82. The molecule has 2 heterocycles. The molecule has 2 aromatic carbocycles. The first-order valence-corrected chi connectivity index (χ1v) is 10.3. The van der Waals surface area contributed by atoms with Crippen molar-refractivity contribution in [3.8, 4) is 0 Å². The molecule has 0 bridgehead atoms. The second kappa shape index (κ2) is 7.61. The molecule has 146 valence electrons. The molecular weight excluding hydrogens is 370 g/mol. The molecule has 4 nitrogen and oxygen atoms in total. The predicted molar refractivity (Wildman–Crippen MR) is 116 cm³/mol. The number of nitrogens with one attached hydrogen (secondary N) is 2. The Balaban J connectivity index is 1.45. The first-order chi connectivity index (χ1) is 13.4. The van der Waals surface area contributed by atoms with Crippen molar-refractivity contribution in [3.63, 3.8) is 0 Å². The fraction of sp³-hybridized carbons (Fsp3) is 0.348. The Morgan fingerprint density at radius 3 is 2.61 bits per heavy atom. The van der Waals surface area contributed by atoms with Gasteiger partial charge in [0.15, 0.2) is 0 Å². The number of halogens is 1. The van der Waals surface area contributed by atoms with Crippen molar-refractivity contribution < 1.29 is 9.69 Å². The zero-order valence-corrected chi connectivity index (χ0v) is 17.5. The standard InChI is InChI=1S/C23H26ClN3O/c1-15-4-7-19-20(12-15)25-17(3)23(19)22(28)14-26-8-10-27(11-9-26)21-13-18(24)6-5-16(21)2/h4-7,12-13,25H,8-11,14H2,1-3H3/p+1. The van der Waals surface area contributed by atoms with Crippen LogP contribution in [0.4, 0.5) is 5.69 Å². The van der Waals surface area contributed by atoms with Crippen LogP contribution in [0.3, 0.4) is 0 Å². The highest BCUT2D eigenvalue weighted by Crippen LogP contribution is 2.25. The Labute approximate surface area is 171 Å². The van der Waals surface area contributed by atoms with Crippen LogP contribution in [0.1, 0.15) is 27.2 Å². The van der Waals surface area contributed by atoms with Gasteiger partial charge in [-0.15, -0.1) is 0 Å². The third-order valence-corrected chi connectivity index (χ3v) is 6.05. The lowest BCUT2D eigenvalue weighted by Crippen LogP contribution is -3.15. The van der Waals surface area contributed by atoms with Gasteiger partial charge in [0.1, 0.15) is 6.54 Å². The average Bonchev–Trinajstić information content (AvgIpc) is 2.99. The lowest BCUT2D eigenvalue weighted by molar-refractivity contribution is -0.892. The third kappa shape index (κ3) is 3.67. The summed E-state index contributed by atoms with van der Waals surface area (Å²) >= 11 is 6.18. The zero-order chi connectivity index (χ0) is 19.8. The van der Waals surface area contributed by atoms with Gasteiger partial charge < -0.3 is 14.8 Å². The monoisotopic (exact) mass is 396 g/mol. The Hall–Kier alpha value is -2.30. The van der Waals surface area contributed by atoms with E-state index in [-0.39, 0.29) is 5.78 Å². The number of fused-ring (bicyclic) bond motifs is 1. The van der Waals surface area contributed by atoms with Crippen LogP contribution < -0.4 is 9.80 Å². The molecular formula is C23H27ClN3O+. The fourth-order valence-corrected chi connectivity index (χ4v) is 4.45. The number of Topliss-reactive ketones (excluding diaryl/α,β-unsaturated/α-hetero) is 1. The number of benzene rings is 2. The van der Waals surface area contributed by atoms with E-state index >= 15 is 0 Å². The van der Waals surface area contributed by atoms with E-state index in [2.05, 4.69) is 48.0 Å². The Kier molecular flexibility index (Phi) is 5.17. The van der Waals surface area contributed by atoms with Crippen LogP contribution in [-0.2, 0) is 0 Å². The second-order valence-electron chi connectivity index (χ2n) is 7.94. The highest BCUT2D eigenvalue weighted by atomic mass is 35.5. The quantitative estimate of drug-likeness (QED) is 0.664. The number of hydrogen-bond acceptors (Lipinski definition) is 2. The smallest absolute Gasteiger partial charge is 0.219 e. The molecule has 0 aliphatic carbocycles. The van der Waals surface area contributed by atoms with E-state index in [1.165, 1.54) is 21.7 Å².